The SMILES string of the molecule is Cc1c(N)c2nc3ccccn3c2n1C. The highest BCUT2D eigenvalue weighted by Crippen LogP contribution is 2.27. The first-order valence-electron chi connectivity index (χ1n) is 4.87. The van der Waals surface area contributed by atoms with Crippen LogP contribution in [0.25, 0.3) is 16.8 Å². The van der Waals surface area contributed by atoms with Crippen molar-refractivity contribution in [3.8, 4) is 0 Å². The Labute approximate surface area is 86.9 Å². The molecule has 3 aromatic heterocycles. The summed E-state index contributed by atoms with van der Waals surface area (Å²) < 4.78 is 4.13. The fourth-order valence-electron chi connectivity index (χ4n) is 1.99. The zero-order valence-electron chi connectivity index (χ0n) is 8.73. The Kier molecular flexibility index (Phi) is 1.41. The number of nitrogen functional groups attached to an aromatic ring is 1. The van der Waals surface area contributed by atoms with Crippen molar-refractivity contribution in [3.05, 3.63) is 30.1 Å². The lowest BCUT2D eigenvalue weighted by Crippen LogP contribution is -1.96. The summed E-state index contributed by atoms with van der Waals surface area (Å²) in [5.41, 5.74) is 10.7. The largest absolute Gasteiger partial charge is 0.395 e. The van der Waals surface area contributed by atoms with Gasteiger partial charge in [0, 0.05) is 18.9 Å². The van der Waals surface area contributed by atoms with Crippen molar-refractivity contribution >= 4 is 22.5 Å². The Morgan fingerprint density at radius 2 is 2.13 bits per heavy atom. The summed E-state index contributed by atoms with van der Waals surface area (Å²) in [5, 5.41) is 0. The number of fused-ring (bicyclic) bond motifs is 3. The van der Waals surface area contributed by atoms with E-state index in [0.717, 1.165) is 28.2 Å². The number of nitrogens with two attached hydrogens (primary N) is 1. The van der Waals surface area contributed by atoms with Gasteiger partial charge in [-0.25, -0.2) is 4.98 Å². The molecule has 0 aliphatic carbocycles. The second-order valence-corrected chi connectivity index (χ2v) is 3.77. The van der Waals surface area contributed by atoms with Crippen molar-refractivity contribution in [2.75, 3.05) is 5.73 Å². The van der Waals surface area contributed by atoms with E-state index in [1.165, 1.54) is 0 Å². The predicted octanol–water partition coefficient (Wildman–Crippen LogP) is 1.72. The highest BCUT2D eigenvalue weighted by atomic mass is 15.1. The molecule has 0 unspecified atom stereocenters. The Bertz CT molecular complexity index is 660. The molecule has 0 radical (unpaired) electrons. The fraction of sp³-hybridized carbons (Fsp3) is 0.182. The van der Waals surface area contributed by atoms with E-state index in [4.69, 9.17) is 5.73 Å². The number of anilines is 1. The molecule has 0 amide bonds. The molecule has 3 heterocycles. The number of nitrogens with zero attached hydrogens (tertiary/aromatic N) is 3. The van der Waals surface area contributed by atoms with E-state index in [-0.39, 0.29) is 0 Å². The molecule has 2 N–H and O–H groups in total. The van der Waals surface area contributed by atoms with Crippen LogP contribution in [-0.4, -0.2) is 14.0 Å². The van der Waals surface area contributed by atoms with Gasteiger partial charge in [-0.05, 0) is 19.1 Å². The minimum absolute atomic E-state index is 0.774. The van der Waals surface area contributed by atoms with E-state index in [1.807, 2.05) is 38.4 Å². The van der Waals surface area contributed by atoms with E-state index >= 15 is 0 Å². The van der Waals surface area contributed by atoms with E-state index in [9.17, 15) is 0 Å². The summed E-state index contributed by atoms with van der Waals surface area (Å²) in [4.78, 5) is 4.51. The van der Waals surface area contributed by atoms with Gasteiger partial charge in [0.2, 0.25) is 0 Å². The normalized spacial score (nSPS) is 11.6. The second-order valence-electron chi connectivity index (χ2n) is 3.77. The summed E-state index contributed by atoms with van der Waals surface area (Å²) in [6, 6.07) is 5.95. The first-order valence-corrected chi connectivity index (χ1v) is 4.87. The van der Waals surface area contributed by atoms with Gasteiger partial charge in [0.15, 0.2) is 0 Å². The first-order chi connectivity index (χ1) is 7.20. The van der Waals surface area contributed by atoms with Crippen LogP contribution in [0.1, 0.15) is 5.69 Å². The molecular formula is C11H12N4. The monoisotopic (exact) mass is 200 g/mol. The molecule has 4 nitrogen and oxygen atoms in total. The van der Waals surface area contributed by atoms with E-state index < -0.39 is 0 Å². The topological polar surface area (TPSA) is 48.2 Å². The van der Waals surface area contributed by atoms with Gasteiger partial charge in [-0.15, -0.1) is 0 Å². The average molecular weight is 200 g/mol. The van der Waals surface area contributed by atoms with Crippen LogP contribution in [-0.2, 0) is 7.05 Å². The molecule has 0 saturated heterocycles. The van der Waals surface area contributed by atoms with Crippen molar-refractivity contribution < 1.29 is 0 Å². The number of imidazole rings is 1. The second kappa shape index (κ2) is 2.53. The van der Waals surface area contributed by atoms with Gasteiger partial charge in [0.25, 0.3) is 0 Å². The lowest BCUT2D eigenvalue weighted by Gasteiger charge is -1.99. The van der Waals surface area contributed by atoms with E-state index in [2.05, 4.69) is 14.0 Å². The smallest absolute Gasteiger partial charge is 0.147 e. The maximum Gasteiger partial charge on any atom is 0.147 e. The van der Waals surface area contributed by atoms with Crippen molar-refractivity contribution in [2.24, 2.45) is 7.05 Å². The van der Waals surface area contributed by atoms with Crippen LogP contribution in [0.3, 0.4) is 0 Å². The molecule has 0 fully saturated rings. The highest BCUT2D eigenvalue weighted by molar-refractivity contribution is 5.91. The van der Waals surface area contributed by atoms with Crippen LogP contribution in [0.15, 0.2) is 24.4 Å². The number of pyridine rings is 1. The Hall–Kier alpha value is -1.97. The van der Waals surface area contributed by atoms with Crippen LogP contribution >= 0.6 is 0 Å². The van der Waals surface area contributed by atoms with Gasteiger partial charge >= 0.3 is 0 Å². The lowest BCUT2D eigenvalue weighted by atomic mass is 10.4. The van der Waals surface area contributed by atoms with E-state index in [1.54, 1.807) is 0 Å². The van der Waals surface area contributed by atoms with Gasteiger partial charge in [-0.2, -0.15) is 0 Å². The van der Waals surface area contributed by atoms with Crippen LogP contribution in [0.5, 0.6) is 0 Å². The zero-order chi connectivity index (χ0) is 10.6. The molecule has 0 aliphatic heterocycles. The number of hydrogen-bond acceptors (Lipinski definition) is 2. The average Bonchev–Trinajstić information content (AvgIpc) is 2.72. The summed E-state index contributed by atoms with van der Waals surface area (Å²) >= 11 is 0. The van der Waals surface area contributed by atoms with Crippen molar-refractivity contribution in [3.63, 3.8) is 0 Å². The minimum atomic E-state index is 0.774. The van der Waals surface area contributed by atoms with Crippen molar-refractivity contribution in [1.29, 1.82) is 0 Å². The molecule has 15 heavy (non-hydrogen) atoms. The fourth-order valence-corrected chi connectivity index (χ4v) is 1.99. The summed E-state index contributed by atoms with van der Waals surface area (Å²) in [5.74, 6) is 0. The van der Waals surface area contributed by atoms with Crippen LogP contribution in [0.4, 0.5) is 5.69 Å². The van der Waals surface area contributed by atoms with Crippen LogP contribution in [0.2, 0.25) is 0 Å². The third-order valence-electron chi connectivity index (χ3n) is 2.97. The van der Waals surface area contributed by atoms with Gasteiger partial charge < -0.3 is 10.3 Å². The molecule has 3 rings (SSSR count). The first kappa shape index (κ1) is 8.35. The molecule has 0 spiro atoms. The number of aryl methyl sites for hydroxylation is 1. The summed E-state index contributed by atoms with van der Waals surface area (Å²) in [7, 11) is 2.01. The highest BCUT2D eigenvalue weighted by Gasteiger charge is 2.14. The zero-order valence-corrected chi connectivity index (χ0v) is 8.73. The number of hydrogen-bond donors (Lipinski definition) is 1. The molecule has 4 heteroatoms. The number of aromatic nitrogens is 3. The van der Waals surface area contributed by atoms with Gasteiger partial charge in [-0.3, -0.25) is 4.40 Å². The van der Waals surface area contributed by atoms with Crippen molar-refractivity contribution in [1.82, 2.24) is 14.0 Å². The summed E-state index contributed by atoms with van der Waals surface area (Å²) in [6.07, 6.45) is 2.00. The molecule has 76 valence electrons. The van der Waals surface area contributed by atoms with E-state index in [0.29, 0.717) is 0 Å². The lowest BCUT2D eigenvalue weighted by molar-refractivity contribution is 0.894. The summed E-state index contributed by atoms with van der Waals surface area (Å²) in [6.45, 7) is 2.01. The third kappa shape index (κ3) is 0.883. The van der Waals surface area contributed by atoms with Crippen LogP contribution in [0, 0.1) is 6.92 Å². The minimum Gasteiger partial charge on any atom is -0.395 e. The van der Waals surface area contributed by atoms with Gasteiger partial charge in [-0.1, -0.05) is 6.07 Å². The number of rotatable bonds is 0. The standard InChI is InChI=1S/C11H12N4/c1-7-9(12)10-11(14(7)2)15-6-4-3-5-8(15)13-10/h3-6H,12H2,1-2H3. The maximum absolute atomic E-state index is 6.01. The third-order valence-corrected chi connectivity index (χ3v) is 2.97. The molecule has 3 aromatic rings. The molecule has 0 aromatic carbocycles. The van der Waals surface area contributed by atoms with Crippen LogP contribution < -0.4 is 5.73 Å². The van der Waals surface area contributed by atoms with Gasteiger partial charge in [0.1, 0.15) is 16.8 Å². The Balaban J connectivity index is 2.65. The van der Waals surface area contributed by atoms with Crippen molar-refractivity contribution in [2.45, 2.75) is 6.92 Å². The predicted molar refractivity (Wildman–Crippen MR) is 60.8 cm³/mol. The maximum atomic E-state index is 6.01. The Morgan fingerprint density at radius 3 is 2.93 bits per heavy atom. The molecule has 0 saturated carbocycles. The molecule has 0 aliphatic rings. The molecular weight excluding hydrogens is 188 g/mol. The molecule has 0 bridgehead atoms. The Morgan fingerprint density at radius 1 is 1.33 bits per heavy atom. The van der Waals surface area contributed by atoms with Gasteiger partial charge in [0.05, 0.1) is 5.69 Å². The quantitative estimate of drug-likeness (QED) is 0.600. The molecule has 0 atom stereocenters.